The number of piperazine rings is 1. The van der Waals surface area contributed by atoms with Gasteiger partial charge in [0.1, 0.15) is 20.9 Å². The summed E-state index contributed by atoms with van der Waals surface area (Å²) >= 11 is 1.75. The zero-order valence-electron chi connectivity index (χ0n) is 17.4. The van der Waals surface area contributed by atoms with Gasteiger partial charge >= 0.3 is 0 Å². The second-order valence-electron chi connectivity index (χ2n) is 8.91. The second kappa shape index (κ2) is 7.89. The number of anilines is 2. The molecule has 3 aromatic heterocycles. The molecule has 30 heavy (non-hydrogen) atoms. The van der Waals surface area contributed by atoms with Crippen molar-refractivity contribution in [2.45, 2.75) is 63.8 Å². The fraction of sp³-hybridized carbons (Fsp3) is 0.636. The highest BCUT2D eigenvalue weighted by Gasteiger charge is 2.26. The molecule has 3 aliphatic rings. The fourth-order valence-electron chi connectivity index (χ4n) is 5.42. The van der Waals surface area contributed by atoms with Crippen molar-refractivity contribution in [3.05, 3.63) is 11.1 Å². The number of aryl methyl sites for hydroxylation is 1. The Bertz CT molecular complexity index is 1070. The van der Waals surface area contributed by atoms with Crippen LogP contribution in [0.3, 0.4) is 0 Å². The monoisotopic (exact) mass is 423 g/mol. The molecule has 158 valence electrons. The Hall–Kier alpha value is -2.06. The van der Waals surface area contributed by atoms with Crippen molar-refractivity contribution >= 4 is 43.4 Å². The number of pyridine rings is 1. The molecule has 6 rings (SSSR count). The van der Waals surface area contributed by atoms with Crippen molar-refractivity contribution < 1.29 is 0 Å². The topological polar surface area (TPSA) is 78.9 Å². The molecule has 2 N–H and O–H groups in total. The summed E-state index contributed by atoms with van der Waals surface area (Å²) in [6, 6.07) is 0.571. The SMILES string of the molecule is C1CCC(Nc2nc3sc4c(N5CCNCC5)nnnc4c3c3c2CCCC3)CC1. The number of rotatable bonds is 3. The molecule has 0 radical (unpaired) electrons. The number of fused-ring (bicyclic) bond motifs is 5. The smallest absolute Gasteiger partial charge is 0.172 e. The van der Waals surface area contributed by atoms with Crippen molar-refractivity contribution in [3.63, 3.8) is 0 Å². The van der Waals surface area contributed by atoms with Gasteiger partial charge in [0, 0.05) is 37.6 Å². The summed E-state index contributed by atoms with van der Waals surface area (Å²) in [5.74, 6) is 2.12. The minimum atomic E-state index is 0.571. The standard InChI is InChI=1S/C22H29N7S/c1-2-6-14(7-3-1)24-20-16-9-5-4-8-15(16)17-18-19(30-22(17)25-20)21(27-28-26-18)29-12-10-23-11-13-29/h14,23H,1-13H2,(H,24,25). The van der Waals surface area contributed by atoms with E-state index in [2.05, 4.69) is 30.9 Å². The minimum Gasteiger partial charge on any atom is -0.367 e. The maximum Gasteiger partial charge on any atom is 0.172 e. The van der Waals surface area contributed by atoms with E-state index in [-0.39, 0.29) is 0 Å². The molecule has 1 aliphatic heterocycles. The van der Waals surface area contributed by atoms with Gasteiger partial charge in [-0.3, -0.25) is 0 Å². The number of nitrogens with zero attached hydrogens (tertiary/aromatic N) is 5. The van der Waals surface area contributed by atoms with Crippen molar-refractivity contribution in [2.75, 3.05) is 36.4 Å². The molecule has 0 amide bonds. The van der Waals surface area contributed by atoms with Crippen LogP contribution in [0.5, 0.6) is 0 Å². The highest BCUT2D eigenvalue weighted by molar-refractivity contribution is 7.26. The molecule has 0 atom stereocenters. The Labute approximate surface area is 180 Å². The van der Waals surface area contributed by atoms with E-state index in [4.69, 9.17) is 4.98 Å². The van der Waals surface area contributed by atoms with Gasteiger partial charge in [-0.25, -0.2) is 4.98 Å². The van der Waals surface area contributed by atoms with Gasteiger partial charge in [-0.05, 0) is 54.9 Å². The molecule has 4 heterocycles. The average Bonchev–Trinajstić information content (AvgIpc) is 3.19. The molecule has 2 fully saturated rings. The van der Waals surface area contributed by atoms with Crippen LogP contribution in [0.2, 0.25) is 0 Å². The van der Waals surface area contributed by atoms with Crippen LogP contribution in [0.1, 0.15) is 56.1 Å². The van der Waals surface area contributed by atoms with E-state index in [0.717, 1.165) is 65.7 Å². The van der Waals surface area contributed by atoms with E-state index < -0.39 is 0 Å². The quantitative estimate of drug-likeness (QED) is 0.665. The lowest BCUT2D eigenvalue weighted by Gasteiger charge is -2.27. The van der Waals surface area contributed by atoms with Crippen LogP contribution in [0, 0.1) is 0 Å². The number of hydrogen-bond donors (Lipinski definition) is 2. The van der Waals surface area contributed by atoms with Gasteiger partial charge in [0.05, 0.1) is 0 Å². The summed E-state index contributed by atoms with van der Waals surface area (Å²) in [5.41, 5.74) is 3.90. The van der Waals surface area contributed by atoms with E-state index in [1.165, 1.54) is 61.5 Å². The fourth-order valence-corrected chi connectivity index (χ4v) is 6.57. The maximum absolute atomic E-state index is 5.19. The van der Waals surface area contributed by atoms with Crippen LogP contribution in [0.25, 0.3) is 20.4 Å². The summed E-state index contributed by atoms with van der Waals surface area (Å²) in [6.45, 7) is 3.89. The molecular weight excluding hydrogens is 394 g/mol. The van der Waals surface area contributed by atoms with Gasteiger partial charge in [0.2, 0.25) is 0 Å². The molecule has 8 heteroatoms. The van der Waals surface area contributed by atoms with Gasteiger partial charge in [-0.15, -0.1) is 21.5 Å². The molecule has 7 nitrogen and oxygen atoms in total. The van der Waals surface area contributed by atoms with Gasteiger partial charge < -0.3 is 15.5 Å². The predicted molar refractivity (Wildman–Crippen MR) is 123 cm³/mol. The molecular formula is C22H29N7S. The summed E-state index contributed by atoms with van der Waals surface area (Å²) in [5, 5.41) is 21.7. The summed E-state index contributed by atoms with van der Waals surface area (Å²) in [7, 11) is 0. The highest BCUT2D eigenvalue weighted by Crippen LogP contribution is 2.42. The molecule has 0 spiro atoms. The third-order valence-corrected chi connectivity index (χ3v) is 8.05. The zero-order valence-corrected chi connectivity index (χ0v) is 18.2. The lowest BCUT2D eigenvalue weighted by atomic mass is 9.89. The molecule has 2 aliphatic carbocycles. The van der Waals surface area contributed by atoms with E-state index in [1.807, 2.05) is 0 Å². The van der Waals surface area contributed by atoms with E-state index in [0.29, 0.717) is 6.04 Å². The Morgan fingerprint density at radius 1 is 0.933 bits per heavy atom. The average molecular weight is 424 g/mol. The summed E-state index contributed by atoms with van der Waals surface area (Å²) in [6.07, 6.45) is 11.3. The first kappa shape index (κ1) is 18.7. The molecule has 1 saturated heterocycles. The van der Waals surface area contributed by atoms with Crippen molar-refractivity contribution in [3.8, 4) is 0 Å². The summed E-state index contributed by atoms with van der Waals surface area (Å²) < 4.78 is 1.15. The van der Waals surface area contributed by atoms with E-state index in [1.54, 1.807) is 11.3 Å². The number of thiophene rings is 1. The molecule has 0 unspecified atom stereocenters. The zero-order chi connectivity index (χ0) is 19.9. The van der Waals surface area contributed by atoms with Gasteiger partial charge in [0.15, 0.2) is 5.82 Å². The predicted octanol–water partition coefficient (Wildman–Crippen LogP) is 3.67. The second-order valence-corrected chi connectivity index (χ2v) is 9.91. The Kier molecular flexibility index (Phi) is 4.91. The third-order valence-electron chi connectivity index (χ3n) is 6.98. The Morgan fingerprint density at radius 3 is 2.57 bits per heavy atom. The van der Waals surface area contributed by atoms with Crippen LogP contribution < -0.4 is 15.5 Å². The van der Waals surface area contributed by atoms with Crippen molar-refractivity contribution in [2.24, 2.45) is 0 Å². The van der Waals surface area contributed by atoms with Gasteiger partial charge in [-0.1, -0.05) is 19.3 Å². The molecule has 0 bridgehead atoms. The van der Waals surface area contributed by atoms with Crippen molar-refractivity contribution in [1.29, 1.82) is 0 Å². The lowest BCUT2D eigenvalue weighted by Crippen LogP contribution is -2.44. The molecule has 0 aromatic carbocycles. The molecule has 3 aromatic rings. The van der Waals surface area contributed by atoms with E-state index in [9.17, 15) is 0 Å². The van der Waals surface area contributed by atoms with Crippen molar-refractivity contribution in [1.82, 2.24) is 25.7 Å². The first-order chi connectivity index (χ1) is 14.9. The summed E-state index contributed by atoms with van der Waals surface area (Å²) in [4.78, 5) is 8.63. The first-order valence-corrected chi connectivity index (χ1v) is 12.4. The Morgan fingerprint density at radius 2 is 1.73 bits per heavy atom. The molecule has 1 saturated carbocycles. The number of nitrogens with one attached hydrogen (secondary N) is 2. The number of aromatic nitrogens is 4. The van der Waals surface area contributed by atoms with E-state index >= 15 is 0 Å². The van der Waals surface area contributed by atoms with Gasteiger partial charge in [-0.2, -0.15) is 0 Å². The highest BCUT2D eigenvalue weighted by atomic mass is 32.1. The van der Waals surface area contributed by atoms with Crippen LogP contribution in [-0.2, 0) is 12.8 Å². The van der Waals surface area contributed by atoms with Gasteiger partial charge in [0.25, 0.3) is 0 Å². The maximum atomic E-state index is 5.19. The minimum absolute atomic E-state index is 0.571. The van der Waals surface area contributed by atoms with Crippen LogP contribution in [0.4, 0.5) is 11.6 Å². The van der Waals surface area contributed by atoms with Crippen LogP contribution in [0.15, 0.2) is 0 Å². The number of hydrogen-bond acceptors (Lipinski definition) is 8. The Balaban J connectivity index is 1.50. The normalized spacial score (nSPS) is 20.6. The largest absolute Gasteiger partial charge is 0.367 e. The van der Waals surface area contributed by atoms with Crippen LogP contribution in [-0.4, -0.2) is 52.6 Å². The lowest BCUT2D eigenvalue weighted by molar-refractivity contribution is 0.461. The van der Waals surface area contributed by atoms with Crippen LogP contribution >= 0.6 is 11.3 Å². The first-order valence-electron chi connectivity index (χ1n) is 11.6. The third kappa shape index (κ3) is 3.21.